The highest BCUT2D eigenvalue weighted by atomic mass is 19.4. The number of pyridine rings is 1. The van der Waals surface area contributed by atoms with E-state index in [4.69, 9.17) is 0 Å². The van der Waals surface area contributed by atoms with Gasteiger partial charge >= 0.3 is 12.4 Å². The third-order valence-corrected chi connectivity index (χ3v) is 6.26. The van der Waals surface area contributed by atoms with Crippen LogP contribution in [0.5, 0.6) is 0 Å². The van der Waals surface area contributed by atoms with Gasteiger partial charge in [0.25, 0.3) is 0 Å². The zero-order valence-electron chi connectivity index (χ0n) is 17.2. The molecule has 2 aliphatic rings. The second-order valence-corrected chi connectivity index (χ2v) is 8.59. The molecule has 0 aliphatic carbocycles. The maximum absolute atomic E-state index is 13.0. The number of anilines is 2. The maximum atomic E-state index is 13.0. The van der Waals surface area contributed by atoms with Crippen molar-refractivity contribution in [3.8, 4) is 0 Å². The first-order valence-electron chi connectivity index (χ1n) is 10.3. The fraction of sp³-hybridized carbons (Fsp3) is 0.500. The van der Waals surface area contributed by atoms with Gasteiger partial charge in [0, 0.05) is 43.5 Å². The third kappa shape index (κ3) is 4.27. The molecule has 2 saturated heterocycles. The van der Waals surface area contributed by atoms with Crippen LogP contribution in [0, 0.1) is 5.41 Å². The normalized spacial score (nSPS) is 21.6. The summed E-state index contributed by atoms with van der Waals surface area (Å²) in [7, 11) is 0. The van der Waals surface area contributed by atoms with E-state index in [1.807, 2.05) is 9.80 Å². The van der Waals surface area contributed by atoms with Crippen molar-refractivity contribution in [2.75, 3.05) is 36.0 Å². The average Bonchev–Trinajstić information content (AvgIpc) is 3.46. The molecule has 0 saturated carbocycles. The van der Waals surface area contributed by atoms with Crippen LogP contribution < -0.4 is 9.80 Å². The highest BCUT2D eigenvalue weighted by Crippen LogP contribution is 2.42. The minimum Gasteiger partial charge on any atom is -0.371 e. The summed E-state index contributed by atoms with van der Waals surface area (Å²) in [5.74, 6) is 0.463. The molecule has 0 aromatic carbocycles. The van der Waals surface area contributed by atoms with Gasteiger partial charge in [0.1, 0.15) is 23.6 Å². The van der Waals surface area contributed by atoms with Crippen molar-refractivity contribution in [2.24, 2.45) is 5.41 Å². The topological polar surface area (TPSA) is 63.0 Å². The summed E-state index contributed by atoms with van der Waals surface area (Å²) in [6.45, 7) is 1.16. The van der Waals surface area contributed by atoms with Crippen LogP contribution in [0.25, 0.3) is 11.2 Å². The zero-order valence-corrected chi connectivity index (χ0v) is 17.2. The van der Waals surface area contributed by atoms with E-state index in [1.165, 1.54) is 18.6 Å². The van der Waals surface area contributed by atoms with Crippen molar-refractivity contribution in [3.05, 3.63) is 36.4 Å². The Bertz CT molecular complexity index is 1170. The lowest BCUT2D eigenvalue weighted by atomic mass is 9.86. The lowest BCUT2D eigenvalue weighted by molar-refractivity contribution is -0.142. The second kappa shape index (κ2) is 7.45. The Morgan fingerprint density at radius 3 is 2.39 bits per heavy atom. The molecule has 13 heteroatoms. The molecular weight excluding hydrogens is 452 g/mol. The van der Waals surface area contributed by atoms with Crippen molar-refractivity contribution in [1.29, 1.82) is 0 Å². The lowest BCUT2D eigenvalue weighted by Crippen LogP contribution is -2.31. The van der Waals surface area contributed by atoms with Gasteiger partial charge in [0.15, 0.2) is 5.65 Å². The standard InChI is InChI=1S/C20H19F6N7/c21-19(22,23)12-33-17-14(8-29-33)28-9-16(30-17)32-6-3-18(11-32)2-5-31(10-18)13-1-4-27-15(7-13)20(24,25)26/h1,4,7-9H,2-3,5-6,10-12H2. The first kappa shape index (κ1) is 21.7. The van der Waals surface area contributed by atoms with E-state index < -0.39 is 24.6 Å². The number of hydrogen-bond donors (Lipinski definition) is 0. The Morgan fingerprint density at radius 2 is 1.67 bits per heavy atom. The summed E-state index contributed by atoms with van der Waals surface area (Å²) in [4.78, 5) is 15.9. The SMILES string of the molecule is FC(F)(F)Cn1ncc2ncc(N3CCC4(CCN(c5ccnc(C(F)(F)F)c5)C4)C3)nc21. The molecule has 7 nitrogen and oxygen atoms in total. The molecule has 2 aliphatic heterocycles. The number of nitrogens with zero attached hydrogens (tertiary/aromatic N) is 7. The molecule has 0 amide bonds. The Labute approximate surface area is 184 Å². The summed E-state index contributed by atoms with van der Waals surface area (Å²) >= 11 is 0. The summed E-state index contributed by atoms with van der Waals surface area (Å²) in [5.41, 5.74) is -0.250. The Morgan fingerprint density at radius 1 is 0.939 bits per heavy atom. The molecule has 1 spiro atoms. The summed E-state index contributed by atoms with van der Waals surface area (Å²) < 4.78 is 78.3. The number of hydrogen-bond acceptors (Lipinski definition) is 6. The number of aromatic nitrogens is 5. The predicted molar refractivity (Wildman–Crippen MR) is 107 cm³/mol. The van der Waals surface area contributed by atoms with Crippen LogP contribution in [-0.4, -0.2) is 57.1 Å². The molecule has 5 heterocycles. The van der Waals surface area contributed by atoms with Crippen LogP contribution in [0.4, 0.5) is 37.8 Å². The van der Waals surface area contributed by atoms with Crippen molar-refractivity contribution >= 4 is 22.7 Å². The van der Waals surface area contributed by atoms with Gasteiger partial charge in [0.05, 0.1) is 12.4 Å². The first-order chi connectivity index (χ1) is 15.5. The highest BCUT2D eigenvalue weighted by molar-refractivity contribution is 5.71. The molecule has 0 radical (unpaired) electrons. The summed E-state index contributed by atoms with van der Waals surface area (Å²) in [6.07, 6.45) is -3.42. The van der Waals surface area contributed by atoms with Gasteiger partial charge in [-0.05, 0) is 25.0 Å². The maximum Gasteiger partial charge on any atom is 0.433 e. The van der Waals surface area contributed by atoms with Gasteiger partial charge in [-0.3, -0.25) is 4.98 Å². The molecule has 1 unspecified atom stereocenters. The molecule has 3 aromatic heterocycles. The van der Waals surface area contributed by atoms with E-state index in [1.54, 1.807) is 6.07 Å². The quantitative estimate of drug-likeness (QED) is 0.540. The van der Waals surface area contributed by atoms with Crippen LogP contribution in [0.3, 0.4) is 0 Å². The van der Waals surface area contributed by atoms with E-state index >= 15 is 0 Å². The molecule has 5 rings (SSSR count). The third-order valence-electron chi connectivity index (χ3n) is 6.26. The molecular formula is C20H19F6N7. The Kier molecular flexibility index (Phi) is 4.90. The van der Waals surface area contributed by atoms with Crippen LogP contribution >= 0.6 is 0 Å². The predicted octanol–water partition coefficient (Wildman–Crippen LogP) is 3.91. The first-order valence-corrected chi connectivity index (χ1v) is 10.3. The fourth-order valence-corrected chi connectivity index (χ4v) is 4.67. The smallest absolute Gasteiger partial charge is 0.371 e. The van der Waals surface area contributed by atoms with Crippen LogP contribution in [0.2, 0.25) is 0 Å². The van der Waals surface area contributed by atoms with E-state index in [9.17, 15) is 26.3 Å². The minimum absolute atomic E-state index is 0.0651. The van der Waals surface area contributed by atoms with E-state index in [2.05, 4.69) is 20.1 Å². The molecule has 0 N–H and O–H groups in total. The van der Waals surface area contributed by atoms with Crippen molar-refractivity contribution in [2.45, 2.75) is 31.7 Å². The van der Waals surface area contributed by atoms with E-state index in [-0.39, 0.29) is 16.6 Å². The molecule has 3 aromatic rings. The minimum atomic E-state index is -4.51. The van der Waals surface area contributed by atoms with Crippen LogP contribution in [0.1, 0.15) is 18.5 Å². The van der Waals surface area contributed by atoms with E-state index in [0.717, 1.165) is 23.6 Å². The van der Waals surface area contributed by atoms with Crippen LogP contribution in [-0.2, 0) is 12.7 Å². The zero-order chi connectivity index (χ0) is 23.4. The van der Waals surface area contributed by atoms with Crippen molar-refractivity contribution < 1.29 is 26.3 Å². The second-order valence-electron chi connectivity index (χ2n) is 8.59. The Hall–Kier alpha value is -3.12. The fourth-order valence-electron chi connectivity index (χ4n) is 4.67. The van der Waals surface area contributed by atoms with Gasteiger partial charge in [-0.15, -0.1) is 0 Å². The number of halogens is 6. The van der Waals surface area contributed by atoms with Crippen molar-refractivity contribution in [3.63, 3.8) is 0 Å². The van der Waals surface area contributed by atoms with Gasteiger partial charge in [-0.1, -0.05) is 0 Å². The van der Waals surface area contributed by atoms with E-state index in [0.29, 0.717) is 37.7 Å². The van der Waals surface area contributed by atoms with Gasteiger partial charge < -0.3 is 9.80 Å². The Balaban J connectivity index is 1.33. The summed E-state index contributed by atoms with van der Waals surface area (Å²) in [6, 6.07) is 2.63. The number of alkyl halides is 6. The average molecular weight is 471 g/mol. The number of rotatable bonds is 3. The van der Waals surface area contributed by atoms with Gasteiger partial charge in [0.2, 0.25) is 0 Å². The molecule has 1 atom stereocenters. The molecule has 0 bridgehead atoms. The van der Waals surface area contributed by atoms with Crippen LogP contribution in [0.15, 0.2) is 30.7 Å². The largest absolute Gasteiger partial charge is 0.433 e. The van der Waals surface area contributed by atoms with Crippen molar-refractivity contribution in [1.82, 2.24) is 24.7 Å². The van der Waals surface area contributed by atoms with Gasteiger partial charge in [-0.25, -0.2) is 14.6 Å². The highest BCUT2D eigenvalue weighted by Gasteiger charge is 2.44. The lowest BCUT2D eigenvalue weighted by Gasteiger charge is -2.26. The molecule has 176 valence electrons. The van der Waals surface area contributed by atoms with Gasteiger partial charge in [-0.2, -0.15) is 31.4 Å². The monoisotopic (exact) mass is 471 g/mol. The molecule has 33 heavy (non-hydrogen) atoms. The molecule has 2 fully saturated rings. The summed E-state index contributed by atoms with van der Waals surface area (Å²) in [5, 5.41) is 3.75. The number of fused-ring (bicyclic) bond motifs is 1.